The third-order valence-corrected chi connectivity index (χ3v) is 6.56. The van der Waals surface area contributed by atoms with E-state index in [2.05, 4.69) is 0 Å². The summed E-state index contributed by atoms with van der Waals surface area (Å²) >= 11 is 1.36. The molecule has 1 unspecified atom stereocenters. The Kier molecular flexibility index (Phi) is 4.65. The maximum absolute atomic E-state index is 14.1. The molecule has 2 aromatic carbocycles. The van der Waals surface area contributed by atoms with Gasteiger partial charge in [-0.3, -0.25) is 9.59 Å². The van der Waals surface area contributed by atoms with Crippen LogP contribution in [0.4, 0.5) is 14.5 Å². The minimum absolute atomic E-state index is 0.138. The molecule has 7 heteroatoms. The fourth-order valence-electron chi connectivity index (χ4n) is 3.89. The van der Waals surface area contributed by atoms with Crippen molar-refractivity contribution in [3.63, 3.8) is 0 Å². The quantitative estimate of drug-likeness (QED) is 0.782. The smallest absolute Gasteiger partial charge is 0.268 e. The second-order valence-corrected chi connectivity index (χ2v) is 8.61. The highest BCUT2D eigenvalue weighted by Gasteiger charge is 2.59. The van der Waals surface area contributed by atoms with Crippen LogP contribution in [0.25, 0.3) is 0 Å². The van der Waals surface area contributed by atoms with Gasteiger partial charge < -0.3 is 9.80 Å². The third-order valence-electron chi connectivity index (χ3n) is 5.15. The number of anilines is 1. The Bertz CT molecular complexity index is 965. The molecular formula is C21H20F2N2O2S. The molecular weight excluding hydrogens is 382 g/mol. The van der Waals surface area contributed by atoms with E-state index in [9.17, 15) is 18.4 Å². The number of fused-ring (bicyclic) bond motifs is 2. The van der Waals surface area contributed by atoms with Gasteiger partial charge >= 0.3 is 0 Å². The van der Waals surface area contributed by atoms with E-state index in [1.54, 1.807) is 36.9 Å². The van der Waals surface area contributed by atoms with Crippen LogP contribution in [-0.2, 0) is 21.0 Å². The molecule has 0 bridgehead atoms. The van der Waals surface area contributed by atoms with Crippen molar-refractivity contribution in [2.45, 2.75) is 25.3 Å². The molecule has 28 heavy (non-hydrogen) atoms. The number of rotatable bonds is 3. The zero-order valence-electron chi connectivity index (χ0n) is 15.6. The van der Waals surface area contributed by atoms with Crippen molar-refractivity contribution in [2.24, 2.45) is 5.92 Å². The van der Waals surface area contributed by atoms with Crippen molar-refractivity contribution in [1.29, 1.82) is 0 Å². The van der Waals surface area contributed by atoms with Gasteiger partial charge in [-0.25, -0.2) is 8.78 Å². The first-order chi connectivity index (χ1) is 13.3. The second kappa shape index (κ2) is 6.88. The van der Waals surface area contributed by atoms with E-state index in [0.29, 0.717) is 29.1 Å². The first kappa shape index (κ1) is 18.9. The van der Waals surface area contributed by atoms with Gasteiger partial charge in [-0.2, -0.15) is 0 Å². The molecule has 4 rings (SSSR count). The van der Waals surface area contributed by atoms with Gasteiger partial charge in [-0.05, 0) is 35.9 Å². The second-order valence-electron chi connectivity index (χ2n) is 7.32. The summed E-state index contributed by atoms with van der Waals surface area (Å²) in [7, 11) is 0. The zero-order chi connectivity index (χ0) is 20.1. The van der Waals surface area contributed by atoms with Gasteiger partial charge in [-0.1, -0.05) is 26.0 Å². The number of halogens is 2. The summed E-state index contributed by atoms with van der Waals surface area (Å²) in [5.74, 6) is -0.950. The summed E-state index contributed by atoms with van der Waals surface area (Å²) in [6.07, 6.45) is 0. The SMILES string of the molecule is CC(C)C(=O)N1CCSC12C(=O)N(Cc1cccc(F)c1)c1ccc(F)cc12. The van der Waals surface area contributed by atoms with Crippen LogP contribution in [0.15, 0.2) is 42.5 Å². The van der Waals surface area contributed by atoms with Crippen molar-refractivity contribution in [2.75, 3.05) is 17.2 Å². The van der Waals surface area contributed by atoms with Crippen LogP contribution in [0.2, 0.25) is 0 Å². The molecule has 1 fully saturated rings. The fraction of sp³-hybridized carbons (Fsp3) is 0.333. The molecule has 4 nitrogen and oxygen atoms in total. The molecule has 1 spiro atoms. The molecule has 0 aromatic heterocycles. The van der Waals surface area contributed by atoms with Gasteiger partial charge in [0.15, 0.2) is 4.87 Å². The number of benzene rings is 2. The van der Waals surface area contributed by atoms with E-state index in [4.69, 9.17) is 0 Å². The van der Waals surface area contributed by atoms with Crippen molar-refractivity contribution >= 4 is 29.3 Å². The minimum atomic E-state index is -1.26. The molecule has 2 amide bonds. The lowest BCUT2D eigenvalue weighted by Crippen LogP contribution is -2.51. The Hall–Kier alpha value is -2.41. The Morgan fingerprint density at radius 3 is 2.64 bits per heavy atom. The van der Waals surface area contributed by atoms with E-state index in [0.717, 1.165) is 0 Å². The van der Waals surface area contributed by atoms with Crippen molar-refractivity contribution in [3.05, 3.63) is 65.2 Å². The first-order valence-electron chi connectivity index (χ1n) is 9.16. The Morgan fingerprint density at radius 1 is 1.18 bits per heavy atom. The standard InChI is InChI=1S/C21H20F2N2O2S/c1-13(2)19(26)25-8-9-28-21(25)17-11-16(23)6-7-18(17)24(20(21)27)12-14-4-3-5-15(22)10-14/h3-7,10-11,13H,8-9,12H2,1-2H3. The topological polar surface area (TPSA) is 40.6 Å². The number of hydrogen-bond acceptors (Lipinski definition) is 3. The van der Waals surface area contributed by atoms with E-state index in [-0.39, 0.29) is 30.1 Å². The molecule has 146 valence electrons. The normalized spacial score (nSPS) is 21.1. The van der Waals surface area contributed by atoms with Gasteiger partial charge in [0.1, 0.15) is 11.6 Å². The summed E-state index contributed by atoms with van der Waals surface area (Å²) in [4.78, 5) is 28.3. The summed E-state index contributed by atoms with van der Waals surface area (Å²) in [6, 6.07) is 10.3. The van der Waals surface area contributed by atoms with Gasteiger partial charge in [0.2, 0.25) is 5.91 Å². The predicted molar refractivity (Wildman–Crippen MR) is 105 cm³/mol. The number of nitrogens with zero attached hydrogens (tertiary/aromatic N) is 2. The fourth-order valence-corrected chi connectivity index (χ4v) is 5.35. The Balaban J connectivity index is 1.82. The number of amides is 2. The highest BCUT2D eigenvalue weighted by molar-refractivity contribution is 8.01. The van der Waals surface area contributed by atoms with Crippen LogP contribution in [-0.4, -0.2) is 29.0 Å². The number of carbonyl (C=O) groups is 2. The van der Waals surface area contributed by atoms with Crippen LogP contribution in [0.3, 0.4) is 0 Å². The molecule has 0 saturated carbocycles. The van der Waals surface area contributed by atoms with Crippen molar-refractivity contribution in [1.82, 2.24) is 4.90 Å². The maximum Gasteiger partial charge on any atom is 0.268 e. The van der Waals surface area contributed by atoms with Crippen molar-refractivity contribution in [3.8, 4) is 0 Å². The lowest BCUT2D eigenvalue weighted by atomic mass is 10.0. The average Bonchev–Trinajstić information content (AvgIpc) is 3.18. The van der Waals surface area contributed by atoms with Gasteiger partial charge in [0.25, 0.3) is 5.91 Å². The maximum atomic E-state index is 14.1. The Labute approximate surface area is 166 Å². The van der Waals surface area contributed by atoms with Crippen LogP contribution >= 0.6 is 11.8 Å². The largest absolute Gasteiger partial charge is 0.315 e. The van der Waals surface area contributed by atoms with Gasteiger partial charge in [0, 0.05) is 23.8 Å². The molecule has 2 aliphatic heterocycles. The molecule has 1 atom stereocenters. The molecule has 1 saturated heterocycles. The van der Waals surface area contributed by atoms with E-state index >= 15 is 0 Å². The van der Waals surface area contributed by atoms with E-state index in [1.165, 1.54) is 40.9 Å². The molecule has 0 radical (unpaired) electrons. The molecule has 2 aliphatic rings. The molecule has 0 aliphatic carbocycles. The van der Waals surface area contributed by atoms with Crippen LogP contribution in [0.1, 0.15) is 25.0 Å². The highest BCUT2D eigenvalue weighted by atomic mass is 32.2. The zero-order valence-corrected chi connectivity index (χ0v) is 16.4. The van der Waals surface area contributed by atoms with E-state index in [1.807, 2.05) is 0 Å². The Morgan fingerprint density at radius 2 is 1.93 bits per heavy atom. The summed E-state index contributed by atoms with van der Waals surface area (Å²) in [5, 5.41) is 0. The van der Waals surface area contributed by atoms with E-state index < -0.39 is 10.7 Å². The summed E-state index contributed by atoms with van der Waals surface area (Å²) in [5.41, 5.74) is 1.68. The lowest BCUT2D eigenvalue weighted by molar-refractivity contribution is -0.142. The van der Waals surface area contributed by atoms with Gasteiger partial charge in [0.05, 0.1) is 12.2 Å². The van der Waals surface area contributed by atoms with Crippen LogP contribution in [0, 0.1) is 17.6 Å². The minimum Gasteiger partial charge on any atom is -0.315 e. The summed E-state index contributed by atoms with van der Waals surface area (Å²) in [6.45, 7) is 4.16. The average molecular weight is 402 g/mol. The third kappa shape index (κ3) is 2.80. The monoisotopic (exact) mass is 402 g/mol. The molecule has 2 aromatic rings. The number of thioether (sulfide) groups is 1. The predicted octanol–water partition coefficient (Wildman–Crippen LogP) is 3.90. The van der Waals surface area contributed by atoms with Crippen LogP contribution in [0.5, 0.6) is 0 Å². The first-order valence-corrected chi connectivity index (χ1v) is 10.1. The number of hydrogen-bond donors (Lipinski definition) is 0. The van der Waals surface area contributed by atoms with Crippen LogP contribution < -0.4 is 4.90 Å². The number of carbonyl (C=O) groups excluding carboxylic acids is 2. The molecule has 0 N–H and O–H groups in total. The lowest BCUT2D eigenvalue weighted by Gasteiger charge is -2.34. The molecule has 2 heterocycles. The van der Waals surface area contributed by atoms with Crippen molar-refractivity contribution < 1.29 is 18.4 Å². The summed E-state index contributed by atoms with van der Waals surface area (Å²) < 4.78 is 27.8. The van der Waals surface area contributed by atoms with Gasteiger partial charge in [-0.15, -0.1) is 11.8 Å². The highest BCUT2D eigenvalue weighted by Crippen LogP contribution is 2.54.